The molecule has 26 heavy (non-hydrogen) atoms. The third-order valence-corrected chi connectivity index (χ3v) is 4.26. The molecule has 0 bridgehead atoms. The summed E-state index contributed by atoms with van der Waals surface area (Å²) in [5, 5.41) is 2.10. The fraction of sp³-hybridized carbons (Fsp3) is 0.455. The molecule has 2 aromatic rings. The lowest BCUT2D eigenvalue weighted by atomic mass is 10.0. The van der Waals surface area contributed by atoms with E-state index in [0.717, 1.165) is 47.6 Å². The van der Waals surface area contributed by atoms with Crippen LogP contribution in [0.4, 0.5) is 0 Å². The molecule has 140 valence electrons. The number of benzene rings is 2. The van der Waals surface area contributed by atoms with Crippen LogP contribution in [-0.4, -0.2) is 11.9 Å². The second-order valence-corrected chi connectivity index (χ2v) is 6.50. The van der Waals surface area contributed by atoms with Crippen molar-refractivity contribution in [2.45, 2.75) is 65.6 Å². The lowest BCUT2D eigenvalue weighted by Crippen LogP contribution is -2.06. The minimum atomic E-state index is -0.174. The summed E-state index contributed by atoms with van der Waals surface area (Å²) in [6.07, 6.45) is 4.52. The van der Waals surface area contributed by atoms with Gasteiger partial charge in [-0.15, -0.1) is 0 Å². The zero-order valence-electron chi connectivity index (χ0n) is 15.8. The maximum absolute atomic E-state index is 11.8. The molecule has 0 N–H and O–H groups in total. The van der Waals surface area contributed by atoms with Crippen molar-refractivity contribution in [2.24, 2.45) is 0 Å². The van der Waals surface area contributed by atoms with Crippen LogP contribution in [0.2, 0.25) is 0 Å². The molecular formula is C22H28O4. The first-order valence-corrected chi connectivity index (χ1v) is 9.45. The van der Waals surface area contributed by atoms with Crippen LogP contribution in [0.15, 0.2) is 36.4 Å². The van der Waals surface area contributed by atoms with Crippen molar-refractivity contribution in [1.29, 1.82) is 0 Å². The van der Waals surface area contributed by atoms with Gasteiger partial charge < -0.3 is 9.47 Å². The van der Waals surface area contributed by atoms with E-state index < -0.39 is 0 Å². The van der Waals surface area contributed by atoms with Crippen molar-refractivity contribution in [3.05, 3.63) is 47.5 Å². The molecule has 0 aliphatic rings. The Morgan fingerprint density at radius 2 is 1.46 bits per heavy atom. The monoisotopic (exact) mass is 356 g/mol. The number of esters is 2. The fourth-order valence-electron chi connectivity index (χ4n) is 2.77. The Balaban J connectivity index is 2.09. The first-order valence-electron chi connectivity index (χ1n) is 9.45. The predicted molar refractivity (Wildman–Crippen MR) is 103 cm³/mol. The molecule has 2 aromatic carbocycles. The Hall–Kier alpha value is -2.36. The Bertz CT molecular complexity index is 736. The van der Waals surface area contributed by atoms with Gasteiger partial charge in [0.2, 0.25) is 0 Å². The Kier molecular flexibility index (Phi) is 8.13. The van der Waals surface area contributed by atoms with E-state index in [0.29, 0.717) is 12.8 Å². The number of ether oxygens (including phenoxy) is 2. The van der Waals surface area contributed by atoms with Crippen molar-refractivity contribution >= 4 is 22.7 Å². The van der Waals surface area contributed by atoms with Gasteiger partial charge in [-0.3, -0.25) is 9.59 Å². The number of carbonyl (C=O) groups excluding carboxylic acids is 2. The second kappa shape index (κ2) is 10.6. The van der Waals surface area contributed by atoms with Crippen LogP contribution < -0.4 is 0 Å². The summed E-state index contributed by atoms with van der Waals surface area (Å²) in [7, 11) is 0. The molecule has 0 aliphatic heterocycles. The summed E-state index contributed by atoms with van der Waals surface area (Å²) < 4.78 is 10.8. The molecule has 4 nitrogen and oxygen atoms in total. The summed E-state index contributed by atoms with van der Waals surface area (Å²) in [5.74, 6) is -0.347. The van der Waals surface area contributed by atoms with E-state index in [1.807, 2.05) is 50.2 Å². The van der Waals surface area contributed by atoms with Crippen LogP contribution in [-0.2, 0) is 32.3 Å². The molecule has 0 radical (unpaired) electrons. The van der Waals surface area contributed by atoms with E-state index in [2.05, 4.69) is 0 Å². The van der Waals surface area contributed by atoms with Crippen LogP contribution in [0, 0.1) is 0 Å². The zero-order valence-corrected chi connectivity index (χ0v) is 15.8. The lowest BCUT2D eigenvalue weighted by molar-refractivity contribution is -0.145. The van der Waals surface area contributed by atoms with Crippen molar-refractivity contribution in [3.63, 3.8) is 0 Å². The van der Waals surface area contributed by atoms with E-state index in [1.54, 1.807) is 0 Å². The summed E-state index contributed by atoms with van der Waals surface area (Å²) in [6.45, 7) is 4.57. The molecular weight excluding hydrogens is 328 g/mol. The van der Waals surface area contributed by atoms with Crippen LogP contribution in [0.1, 0.15) is 63.5 Å². The van der Waals surface area contributed by atoms with Gasteiger partial charge in [0.05, 0.1) is 0 Å². The highest BCUT2D eigenvalue weighted by molar-refractivity contribution is 5.86. The van der Waals surface area contributed by atoms with E-state index in [-0.39, 0.29) is 25.2 Å². The minimum Gasteiger partial charge on any atom is -0.461 e. The standard InChI is InChI=1S/C22H28O4/c1-3-5-11-21(23)25-15-17-13-18-9-7-8-10-20(18)19(14-17)16-26-22(24)12-6-4-2/h7-10,13-14H,3-6,11-12,15-16H2,1-2H3. The van der Waals surface area contributed by atoms with Gasteiger partial charge in [-0.25, -0.2) is 0 Å². The van der Waals surface area contributed by atoms with Gasteiger partial charge in [-0.05, 0) is 46.9 Å². The van der Waals surface area contributed by atoms with Gasteiger partial charge in [0.15, 0.2) is 0 Å². The maximum atomic E-state index is 11.8. The Labute approximate surface area is 155 Å². The Morgan fingerprint density at radius 3 is 2.12 bits per heavy atom. The third kappa shape index (κ3) is 6.17. The first-order chi connectivity index (χ1) is 12.6. The minimum absolute atomic E-state index is 0.174. The highest BCUT2D eigenvalue weighted by Crippen LogP contribution is 2.23. The normalized spacial score (nSPS) is 10.7. The van der Waals surface area contributed by atoms with Crippen LogP contribution in [0.3, 0.4) is 0 Å². The third-order valence-electron chi connectivity index (χ3n) is 4.26. The number of unbranched alkanes of at least 4 members (excludes halogenated alkanes) is 2. The molecule has 0 saturated heterocycles. The summed E-state index contributed by atoms with van der Waals surface area (Å²) >= 11 is 0. The molecule has 0 fully saturated rings. The highest BCUT2D eigenvalue weighted by atomic mass is 16.5. The fourth-order valence-corrected chi connectivity index (χ4v) is 2.77. The molecule has 0 amide bonds. The predicted octanol–water partition coefficient (Wildman–Crippen LogP) is 5.31. The van der Waals surface area contributed by atoms with Crippen molar-refractivity contribution in [2.75, 3.05) is 0 Å². The largest absolute Gasteiger partial charge is 0.461 e. The molecule has 0 atom stereocenters. The molecule has 0 spiro atoms. The quantitative estimate of drug-likeness (QED) is 0.542. The van der Waals surface area contributed by atoms with Crippen molar-refractivity contribution in [3.8, 4) is 0 Å². The van der Waals surface area contributed by atoms with Crippen molar-refractivity contribution < 1.29 is 19.1 Å². The smallest absolute Gasteiger partial charge is 0.306 e. The maximum Gasteiger partial charge on any atom is 0.306 e. The number of hydrogen-bond donors (Lipinski definition) is 0. The zero-order chi connectivity index (χ0) is 18.8. The first kappa shape index (κ1) is 20.0. The van der Waals surface area contributed by atoms with Gasteiger partial charge in [0.1, 0.15) is 13.2 Å². The molecule has 4 heteroatoms. The number of carbonyl (C=O) groups is 2. The average Bonchev–Trinajstić information content (AvgIpc) is 2.67. The van der Waals surface area contributed by atoms with Gasteiger partial charge >= 0.3 is 11.9 Å². The SMILES string of the molecule is CCCCC(=O)OCc1cc(COC(=O)CCCC)c2ccccc2c1. The van der Waals surface area contributed by atoms with Gasteiger partial charge in [-0.1, -0.05) is 51.0 Å². The second-order valence-electron chi connectivity index (χ2n) is 6.50. The van der Waals surface area contributed by atoms with E-state index in [1.165, 1.54) is 0 Å². The molecule has 0 unspecified atom stereocenters. The van der Waals surface area contributed by atoms with Gasteiger partial charge in [0, 0.05) is 12.8 Å². The lowest BCUT2D eigenvalue weighted by Gasteiger charge is -2.12. The van der Waals surface area contributed by atoms with Crippen LogP contribution in [0.25, 0.3) is 10.8 Å². The molecule has 0 aromatic heterocycles. The summed E-state index contributed by atoms with van der Waals surface area (Å²) in [4.78, 5) is 23.6. The molecule has 2 rings (SSSR count). The van der Waals surface area contributed by atoms with Crippen LogP contribution in [0.5, 0.6) is 0 Å². The van der Waals surface area contributed by atoms with Crippen LogP contribution >= 0.6 is 0 Å². The Morgan fingerprint density at radius 1 is 0.846 bits per heavy atom. The average molecular weight is 356 g/mol. The number of hydrogen-bond acceptors (Lipinski definition) is 4. The summed E-state index contributed by atoms with van der Waals surface area (Å²) in [5.41, 5.74) is 1.85. The molecule has 0 heterocycles. The summed E-state index contributed by atoms with van der Waals surface area (Å²) in [6, 6.07) is 11.9. The molecule has 0 saturated carbocycles. The highest BCUT2D eigenvalue weighted by Gasteiger charge is 2.09. The number of rotatable bonds is 10. The van der Waals surface area contributed by atoms with Crippen molar-refractivity contribution in [1.82, 2.24) is 0 Å². The van der Waals surface area contributed by atoms with Gasteiger partial charge in [0.25, 0.3) is 0 Å². The van der Waals surface area contributed by atoms with E-state index >= 15 is 0 Å². The van der Waals surface area contributed by atoms with Gasteiger partial charge in [-0.2, -0.15) is 0 Å². The topological polar surface area (TPSA) is 52.6 Å². The molecule has 0 aliphatic carbocycles. The van der Waals surface area contributed by atoms with E-state index in [9.17, 15) is 9.59 Å². The van der Waals surface area contributed by atoms with E-state index in [4.69, 9.17) is 9.47 Å². The number of fused-ring (bicyclic) bond motifs is 1.